The predicted octanol–water partition coefficient (Wildman–Crippen LogP) is 1.38. The molecule has 3 saturated carbocycles. The zero-order chi connectivity index (χ0) is 12.8. The molecule has 3 aliphatic carbocycles. The van der Waals surface area contributed by atoms with Crippen LogP contribution in [0.2, 0.25) is 0 Å². The Labute approximate surface area is 110 Å². The van der Waals surface area contributed by atoms with Gasteiger partial charge in [-0.3, -0.25) is 0 Å². The van der Waals surface area contributed by atoms with E-state index in [1.165, 1.54) is 44.8 Å². The first-order valence-electron chi connectivity index (χ1n) is 7.18. The standard InChI is InChI=1S/C13H24N2O2S/c1-18(16,17)15-11-6-10(7-11)14-12-8-13(9-12)4-2-3-5-13/h10-12,14-15H,2-9H2,1H3. The molecule has 0 aromatic rings. The first-order chi connectivity index (χ1) is 8.44. The van der Waals surface area contributed by atoms with E-state index in [0.29, 0.717) is 17.5 Å². The minimum absolute atomic E-state index is 0.165. The first kappa shape index (κ1) is 12.9. The largest absolute Gasteiger partial charge is 0.311 e. The van der Waals surface area contributed by atoms with Crippen LogP contribution in [0, 0.1) is 5.41 Å². The van der Waals surface area contributed by atoms with Crippen LogP contribution in [0.4, 0.5) is 0 Å². The highest BCUT2D eigenvalue weighted by atomic mass is 32.2. The Hall–Kier alpha value is -0.130. The molecule has 0 saturated heterocycles. The number of sulfonamides is 1. The maximum atomic E-state index is 11.1. The van der Waals surface area contributed by atoms with E-state index in [1.807, 2.05) is 0 Å². The summed E-state index contributed by atoms with van der Waals surface area (Å²) in [6, 6.07) is 1.40. The number of rotatable bonds is 4. The monoisotopic (exact) mass is 272 g/mol. The van der Waals surface area contributed by atoms with Crippen molar-refractivity contribution >= 4 is 10.0 Å². The third-order valence-electron chi connectivity index (χ3n) is 5.01. The van der Waals surface area contributed by atoms with E-state index in [-0.39, 0.29) is 6.04 Å². The van der Waals surface area contributed by atoms with Crippen LogP contribution >= 0.6 is 0 Å². The highest BCUT2D eigenvalue weighted by molar-refractivity contribution is 7.88. The lowest BCUT2D eigenvalue weighted by atomic mass is 9.64. The van der Waals surface area contributed by atoms with E-state index >= 15 is 0 Å². The molecule has 0 amide bonds. The highest BCUT2D eigenvalue weighted by Crippen LogP contribution is 2.53. The molecule has 3 fully saturated rings. The summed E-state index contributed by atoms with van der Waals surface area (Å²) in [5, 5.41) is 3.68. The van der Waals surface area contributed by atoms with Crippen LogP contribution in [0.3, 0.4) is 0 Å². The van der Waals surface area contributed by atoms with Crippen molar-refractivity contribution in [1.82, 2.24) is 10.0 Å². The predicted molar refractivity (Wildman–Crippen MR) is 71.8 cm³/mol. The second-order valence-electron chi connectivity index (χ2n) is 6.73. The SMILES string of the molecule is CS(=O)(=O)NC1CC(NC2CC3(CCCC3)C2)C1. The maximum Gasteiger partial charge on any atom is 0.208 e. The molecule has 0 radical (unpaired) electrons. The van der Waals surface area contributed by atoms with Gasteiger partial charge in [0, 0.05) is 18.1 Å². The van der Waals surface area contributed by atoms with Crippen molar-refractivity contribution in [3.05, 3.63) is 0 Å². The van der Waals surface area contributed by atoms with Crippen molar-refractivity contribution in [2.75, 3.05) is 6.26 Å². The van der Waals surface area contributed by atoms with E-state index < -0.39 is 10.0 Å². The lowest BCUT2D eigenvalue weighted by Gasteiger charge is -2.49. The molecule has 0 aromatic heterocycles. The summed E-state index contributed by atoms with van der Waals surface area (Å²) < 4.78 is 24.8. The summed E-state index contributed by atoms with van der Waals surface area (Å²) in [5.41, 5.74) is 0.700. The number of nitrogens with one attached hydrogen (secondary N) is 2. The molecule has 2 N–H and O–H groups in total. The number of hydrogen-bond acceptors (Lipinski definition) is 3. The Morgan fingerprint density at radius 2 is 1.61 bits per heavy atom. The normalized spacial score (nSPS) is 35.4. The van der Waals surface area contributed by atoms with Crippen LogP contribution < -0.4 is 10.0 Å². The van der Waals surface area contributed by atoms with E-state index in [2.05, 4.69) is 10.0 Å². The van der Waals surface area contributed by atoms with Gasteiger partial charge in [-0.1, -0.05) is 12.8 Å². The molecule has 18 heavy (non-hydrogen) atoms. The van der Waals surface area contributed by atoms with Crippen molar-refractivity contribution < 1.29 is 8.42 Å². The zero-order valence-corrected chi connectivity index (χ0v) is 11.9. The van der Waals surface area contributed by atoms with Gasteiger partial charge < -0.3 is 5.32 Å². The Bertz CT molecular complexity index is 401. The summed E-state index contributed by atoms with van der Waals surface area (Å²) in [7, 11) is -3.02. The van der Waals surface area contributed by atoms with Crippen molar-refractivity contribution in [3.63, 3.8) is 0 Å². The lowest BCUT2D eigenvalue weighted by molar-refractivity contribution is 0.0694. The molecule has 4 nitrogen and oxygen atoms in total. The van der Waals surface area contributed by atoms with E-state index in [0.717, 1.165) is 12.8 Å². The molecule has 3 aliphatic rings. The molecule has 0 aliphatic heterocycles. The molecule has 0 heterocycles. The van der Waals surface area contributed by atoms with Crippen molar-refractivity contribution in [2.45, 2.75) is 69.5 Å². The quantitative estimate of drug-likeness (QED) is 0.813. The molecule has 0 aromatic carbocycles. The molecular weight excluding hydrogens is 248 g/mol. The maximum absolute atomic E-state index is 11.1. The Morgan fingerprint density at radius 1 is 1.00 bits per heavy atom. The van der Waals surface area contributed by atoms with Crippen molar-refractivity contribution in [1.29, 1.82) is 0 Å². The van der Waals surface area contributed by atoms with Gasteiger partial charge in [-0.15, -0.1) is 0 Å². The van der Waals surface area contributed by atoms with Gasteiger partial charge in [0.2, 0.25) is 10.0 Å². The second kappa shape index (κ2) is 4.46. The first-order valence-corrected chi connectivity index (χ1v) is 9.07. The van der Waals surface area contributed by atoms with Gasteiger partial charge in [0.1, 0.15) is 0 Å². The smallest absolute Gasteiger partial charge is 0.208 e. The van der Waals surface area contributed by atoms with Gasteiger partial charge in [-0.05, 0) is 43.9 Å². The summed E-state index contributed by atoms with van der Waals surface area (Å²) in [4.78, 5) is 0. The van der Waals surface area contributed by atoms with Crippen LogP contribution in [0.15, 0.2) is 0 Å². The Morgan fingerprint density at radius 3 is 2.17 bits per heavy atom. The van der Waals surface area contributed by atoms with Gasteiger partial charge in [0.25, 0.3) is 0 Å². The zero-order valence-electron chi connectivity index (χ0n) is 11.1. The molecule has 0 bridgehead atoms. The van der Waals surface area contributed by atoms with Crippen LogP contribution in [0.5, 0.6) is 0 Å². The molecule has 3 rings (SSSR count). The Balaban J connectivity index is 1.35. The van der Waals surface area contributed by atoms with E-state index in [4.69, 9.17) is 0 Å². The fourth-order valence-corrected chi connectivity index (χ4v) is 4.92. The lowest BCUT2D eigenvalue weighted by Crippen LogP contribution is -2.58. The van der Waals surface area contributed by atoms with Crippen LogP contribution in [0.25, 0.3) is 0 Å². The van der Waals surface area contributed by atoms with Gasteiger partial charge in [-0.2, -0.15) is 0 Å². The van der Waals surface area contributed by atoms with E-state index in [9.17, 15) is 8.42 Å². The molecule has 0 unspecified atom stereocenters. The fourth-order valence-electron chi connectivity index (χ4n) is 4.12. The van der Waals surface area contributed by atoms with Gasteiger partial charge in [0.15, 0.2) is 0 Å². The van der Waals surface area contributed by atoms with E-state index in [1.54, 1.807) is 0 Å². The molecule has 104 valence electrons. The summed E-state index contributed by atoms with van der Waals surface area (Å²) in [5.74, 6) is 0. The van der Waals surface area contributed by atoms with Crippen molar-refractivity contribution in [3.8, 4) is 0 Å². The summed E-state index contributed by atoms with van der Waals surface area (Å²) in [6.07, 6.45) is 11.6. The van der Waals surface area contributed by atoms with Crippen LogP contribution in [0.1, 0.15) is 51.4 Å². The summed E-state index contributed by atoms with van der Waals surface area (Å²) in [6.45, 7) is 0. The highest BCUT2D eigenvalue weighted by Gasteiger charge is 2.46. The third kappa shape index (κ3) is 2.73. The third-order valence-corrected chi connectivity index (χ3v) is 5.77. The minimum Gasteiger partial charge on any atom is -0.311 e. The van der Waals surface area contributed by atoms with Crippen LogP contribution in [-0.4, -0.2) is 32.8 Å². The molecule has 5 heteroatoms. The molecule has 0 atom stereocenters. The second-order valence-corrected chi connectivity index (χ2v) is 8.51. The molecule has 1 spiro atoms. The summed E-state index contributed by atoms with van der Waals surface area (Å²) >= 11 is 0. The topological polar surface area (TPSA) is 58.2 Å². The average Bonchev–Trinajstić information content (AvgIpc) is 2.60. The van der Waals surface area contributed by atoms with Gasteiger partial charge in [0.05, 0.1) is 6.26 Å². The molecular formula is C13H24N2O2S. The van der Waals surface area contributed by atoms with Gasteiger partial charge in [-0.25, -0.2) is 13.1 Å². The Kier molecular flexibility index (Phi) is 3.19. The van der Waals surface area contributed by atoms with Crippen molar-refractivity contribution in [2.24, 2.45) is 5.41 Å². The fraction of sp³-hybridized carbons (Fsp3) is 1.00. The average molecular weight is 272 g/mol. The van der Waals surface area contributed by atoms with Crippen LogP contribution in [-0.2, 0) is 10.0 Å². The van der Waals surface area contributed by atoms with Gasteiger partial charge >= 0.3 is 0 Å². The number of hydrogen-bond donors (Lipinski definition) is 2. The minimum atomic E-state index is -3.02.